The number of nitrogens with one attached hydrogen (secondary N) is 3. The molecule has 0 aromatic heterocycles. The van der Waals surface area contributed by atoms with E-state index in [-0.39, 0.29) is 6.04 Å². The van der Waals surface area contributed by atoms with Crippen LogP contribution in [0.4, 0.5) is 0 Å². The summed E-state index contributed by atoms with van der Waals surface area (Å²) in [6.07, 6.45) is 9.13. The van der Waals surface area contributed by atoms with Gasteiger partial charge in [-0.05, 0) is 31.5 Å². The molecule has 0 fully saturated rings. The summed E-state index contributed by atoms with van der Waals surface area (Å²) < 4.78 is 0. The fourth-order valence-electron chi connectivity index (χ4n) is 1.80. The Morgan fingerprint density at radius 1 is 1.29 bits per heavy atom. The van der Waals surface area contributed by atoms with Crippen molar-refractivity contribution in [2.45, 2.75) is 25.3 Å². The molecule has 1 unspecified atom stereocenters. The molecule has 0 radical (unpaired) electrons. The summed E-state index contributed by atoms with van der Waals surface area (Å²) in [5.41, 5.74) is 1.99. The molecule has 3 nitrogen and oxygen atoms in total. The van der Waals surface area contributed by atoms with E-state index >= 15 is 0 Å². The summed E-state index contributed by atoms with van der Waals surface area (Å²) in [6.45, 7) is 13.5. The van der Waals surface area contributed by atoms with E-state index in [1.165, 1.54) is 0 Å². The highest BCUT2D eigenvalue weighted by Crippen LogP contribution is 2.07. The SMILES string of the molecule is C=CNC1CCCCNC(=C)/C=C/CNC1=C. The van der Waals surface area contributed by atoms with Crippen molar-refractivity contribution in [2.75, 3.05) is 13.1 Å². The second-order valence-corrected chi connectivity index (χ2v) is 4.18. The zero-order valence-corrected chi connectivity index (χ0v) is 10.5. The minimum Gasteiger partial charge on any atom is -0.386 e. The van der Waals surface area contributed by atoms with Gasteiger partial charge in [0.2, 0.25) is 0 Å². The predicted octanol–water partition coefficient (Wildman–Crippen LogP) is 2.03. The molecule has 0 spiro atoms. The van der Waals surface area contributed by atoms with E-state index in [2.05, 4.69) is 35.7 Å². The molecule has 0 saturated carbocycles. The van der Waals surface area contributed by atoms with E-state index in [4.69, 9.17) is 0 Å². The van der Waals surface area contributed by atoms with E-state index in [0.29, 0.717) is 0 Å². The summed E-state index contributed by atoms with van der Waals surface area (Å²) in [5, 5.41) is 9.82. The molecule has 94 valence electrons. The highest BCUT2D eigenvalue weighted by atomic mass is 15.0. The van der Waals surface area contributed by atoms with Gasteiger partial charge in [0.05, 0.1) is 6.04 Å². The van der Waals surface area contributed by atoms with Gasteiger partial charge in [0.15, 0.2) is 0 Å². The van der Waals surface area contributed by atoms with Crippen LogP contribution in [0.25, 0.3) is 0 Å². The second kappa shape index (κ2) is 7.60. The third-order valence-electron chi connectivity index (χ3n) is 2.78. The van der Waals surface area contributed by atoms with Crippen molar-refractivity contribution in [3.8, 4) is 0 Å². The Labute approximate surface area is 104 Å². The molecule has 0 aromatic rings. The molecule has 3 N–H and O–H groups in total. The maximum absolute atomic E-state index is 4.07. The molecule has 1 heterocycles. The van der Waals surface area contributed by atoms with Crippen molar-refractivity contribution in [2.24, 2.45) is 0 Å². The molecular formula is C14H23N3. The predicted molar refractivity (Wildman–Crippen MR) is 74.4 cm³/mol. The highest BCUT2D eigenvalue weighted by molar-refractivity contribution is 5.14. The molecule has 0 bridgehead atoms. The normalized spacial score (nSPS) is 24.6. The van der Waals surface area contributed by atoms with Gasteiger partial charge in [-0.25, -0.2) is 0 Å². The minimum atomic E-state index is 0.267. The van der Waals surface area contributed by atoms with Crippen molar-refractivity contribution in [1.29, 1.82) is 0 Å². The number of hydrogen-bond acceptors (Lipinski definition) is 3. The zero-order valence-electron chi connectivity index (χ0n) is 10.5. The van der Waals surface area contributed by atoms with Crippen LogP contribution in [0.5, 0.6) is 0 Å². The molecule has 3 heteroatoms. The quantitative estimate of drug-likeness (QED) is 0.683. The van der Waals surface area contributed by atoms with Crippen LogP contribution in [0.3, 0.4) is 0 Å². The number of hydrogen-bond donors (Lipinski definition) is 3. The van der Waals surface area contributed by atoms with Gasteiger partial charge >= 0.3 is 0 Å². The molecule has 0 saturated heterocycles. The average molecular weight is 233 g/mol. The van der Waals surface area contributed by atoms with Crippen LogP contribution in [-0.4, -0.2) is 19.1 Å². The largest absolute Gasteiger partial charge is 0.386 e. The molecule has 17 heavy (non-hydrogen) atoms. The Bertz CT molecular complexity index is 305. The third kappa shape index (κ3) is 5.29. The molecule has 1 aliphatic heterocycles. The van der Waals surface area contributed by atoms with Gasteiger partial charge in [-0.3, -0.25) is 0 Å². The summed E-state index contributed by atoms with van der Waals surface area (Å²) >= 11 is 0. The van der Waals surface area contributed by atoms with Crippen LogP contribution in [0.15, 0.2) is 49.5 Å². The third-order valence-corrected chi connectivity index (χ3v) is 2.78. The first kappa shape index (κ1) is 13.4. The minimum absolute atomic E-state index is 0.267. The second-order valence-electron chi connectivity index (χ2n) is 4.18. The average Bonchev–Trinajstić information content (AvgIpc) is 2.31. The van der Waals surface area contributed by atoms with Gasteiger partial charge in [0.25, 0.3) is 0 Å². The molecule has 1 rings (SSSR count). The fourth-order valence-corrected chi connectivity index (χ4v) is 1.80. The standard InChI is InChI=1S/C14H23N3/c1-4-15-14-9-5-6-10-16-12(2)8-7-11-17-13(14)3/h4,7-8,14-17H,1-3,5-6,9-11H2/b8-7+. The lowest BCUT2D eigenvalue weighted by Gasteiger charge is -2.21. The Morgan fingerprint density at radius 2 is 2.12 bits per heavy atom. The van der Waals surface area contributed by atoms with Gasteiger partial charge in [0, 0.05) is 24.5 Å². The van der Waals surface area contributed by atoms with Crippen molar-refractivity contribution in [1.82, 2.24) is 16.0 Å². The Hall–Kier alpha value is -1.64. The van der Waals surface area contributed by atoms with E-state index < -0.39 is 0 Å². The number of allylic oxidation sites excluding steroid dienone is 1. The summed E-state index contributed by atoms with van der Waals surface area (Å²) in [7, 11) is 0. The Balaban J connectivity index is 2.56. The van der Waals surface area contributed by atoms with E-state index in [1.54, 1.807) is 6.20 Å². The first-order valence-corrected chi connectivity index (χ1v) is 6.13. The zero-order chi connectivity index (χ0) is 12.5. The fraction of sp³-hybridized carbons (Fsp3) is 0.429. The van der Waals surface area contributed by atoms with Crippen molar-refractivity contribution >= 4 is 0 Å². The van der Waals surface area contributed by atoms with E-state index in [9.17, 15) is 0 Å². The van der Waals surface area contributed by atoms with E-state index in [1.807, 2.05) is 12.2 Å². The maximum Gasteiger partial charge on any atom is 0.0648 e. The van der Waals surface area contributed by atoms with Gasteiger partial charge in [-0.1, -0.05) is 25.8 Å². The van der Waals surface area contributed by atoms with Gasteiger partial charge in [0.1, 0.15) is 0 Å². The molecular weight excluding hydrogens is 210 g/mol. The van der Waals surface area contributed by atoms with Crippen molar-refractivity contribution in [3.63, 3.8) is 0 Å². The summed E-state index contributed by atoms with van der Waals surface area (Å²) in [4.78, 5) is 0. The molecule has 0 amide bonds. The van der Waals surface area contributed by atoms with Crippen LogP contribution in [0.1, 0.15) is 19.3 Å². The van der Waals surface area contributed by atoms with Crippen LogP contribution in [0, 0.1) is 0 Å². The lowest BCUT2D eigenvalue weighted by atomic mass is 10.1. The Kier molecular flexibility index (Phi) is 6.00. The van der Waals surface area contributed by atoms with Gasteiger partial charge in [-0.2, -0.15) is 0 Å². The van der Waals surface area contributed by atoms with E-state index in [0.717, 1.165) is 43.7 Å². The van der Waals surface area contributed by atoms with Gasteiger partial charge in [-0.15, -0.1) is 0 Å². The molecule has 1 aliphatic rings. The maximum atomic E-state index is 4.07. The monoisotopic (exact) mass is 233 g/mol. The summed E-state index contributed by atoms with van der Waals surface area (Å²) in [6, 6.07) is 0.267. The Morgan fingerprint density at radius 3 is 2.88 bits per heavy atom. The highest BCUT2D eigenvalue weighted by Gasteiger charge is 2.09. The first-order chi connectivity index (χ1) is 8.24. The number of rotatable bonds is 2. The van der Waals surface area contributed by atoms with Crippen molar-refractivity contribution < 1.29 is 0 Å². The molecule has 0 aliphatic carbocycles. The van der Waals surface area contributed by atoms with Gasteiger partial charge < -0.3 is 16.0 Å². The van der Waals surface area contributed by atoms with Crippen molar-refractivity contribution in [3.05, 3.63) is 49.5 Å². The molecule has 0 aromatic carbocycles. The van der Waals surface area contributed by atoms with Crippen LogP contribution >= 0.6 is 0 Å². The molecule has 1 atom stereocenters. The van der Waals surface area contributed by atoms with Crippen LogP contribution in [-0.2, 0) is 0 Å². The topological polar surface area (TPSA) is 36.1 Å². The smallest absolute Gasteiger partial charge is 0.0648 e. The summed E-state index contributed by atoms with van der Waals surface area (Å²) in [5.74, 6) is 0. The van der Waals surface area contributed by atoms with Crippen LogP contribution < -0.4 is 16.0 Å². The lowest BCUT2D eigenvalue weighted by molar-refractivity contribution is 0.533. The first-order valence-electron chi connectivity index (χ1n) is 6.13. The lowest BCUT2D eigenvalue weighted by Crippen LogP contribution is -2.33. The van der Waals surface area contributed by atoms with Crippen LogP contribution in [0.2, 0.25) is 0 Å².